The second kappa shape index (κ2) is 5.06. The zero-order chi connectivity index (χ0) is 15.9. The molecule has 4 nitrogen and oxygen atoms in total. The summed E-state index contributed by atoms with van der Waals surface area (Å²) in [5.74, 6) is 0.758. The molecule has 0 bridgehead atoms. The highest BCUT2D eigenvalue weighted by molar-refractivity contribution is 6.19. The molecule has 5 rings (SSSR count). The highest BCUT2D eigenvalue weighted by Gasteiger charge is 2.08. The molecule has 4 heteroatoms. The first-order valence-electron chi connectivity index (χ1n) is 7.87. The predicted octanol–water partition coefficient (Wildman–Crippen LogP) is 6.22. The monoisotopic (exact) mass is 310 g/mol. The molecule has 5 aromatic rings. The van der Waals surface area contributed by atoms with Crippen molar-refractivity contribution in [2.45, 2.75) is 0 Å². The summed E-state index contributed by atoms with van der Waals surface area (Å²) < 4.78 is 0. The smallest absolute Gasteiger partial charge is 0.153 e. The van der Waals surface area contributed by atoms with Crippen LogP contribution in [0.2, 0.25) is 0 Å². The van der Waals surface area contributed by atoms with Gasteiger partial charge in [0.15, 0.2) is 5.82 Å². The number of nitrogens with zero attached hydrogens (tertiary/aromatic N) is 2. The number of nitrogens with one attached hydrogen (secondary N) is 2. The van der Waals surface area contributed by atoms with Gasteiger partial charge in [-0.25, -0.2) is 0 Å². The molecule has 0 spiro atoms. The quantitative estimate of drug-likeness (QED) is 0.364. The van der Waals surface area contributed by atoms with Gasteiger partial charge in [-0.3, -0.25) is 0 Å². The van der Waals surface area contributed by atoms with E-state index in [2.05, 4.69) is 56.6 Å². The summed E-state index contributed by atoms with van der Waals surface area (Å²) in [6, 6.07) is 22.4. The van der Waals surface area contributed by atoms with Crippen LogP contribution in [0.25, 0.3) is 32.6 Å². The molecule has 0 atom stereocenters. The average molecular weight is 310 g/mol. The molecule has 2 aromatic heterocycles. The Morgan fingerprint density at radius 1 is 0.708 bits per heavy atom. The normalized spacial score (nSPS) is 12.0. The van der Waals surface area contributed by atoms with E-state index < -0.39 is 0 Å². The molecule has 0 saturated heterocycles. The lowest BCUT2D eigenvalue weighted by molar-refractivity contribution is 1.19. The van der Waals surface area contributed by atoms with Gasteiger partial charge in [0, 0.05) is 33.4 Å². The molecule has 0 fully saturated rings. The fourth-order valence-electron chi connectivity index (χ4n) is 3.22. The highest BCUT2D eigenvalue weighted by Crippen LogP contribution is 2.34. The van der Waals surface area contributed by atoms with Gasteiger partial charge in [0.2, 0.25) is 0 Å². The van der Waals surface area contributed by atoms with Crippen LogP contribution in [0, 0.1) is 0 Å². The Morgan fingerprint density at radius 2 is 1.54 bits per heavy atom. The fourth-order valence-corrected chi connectivity index (χ4v) is 3.22. The van der Waals surface area contributed by atoms with Crippen LogP contribution in [0.3, 0.4) is 0 Å². The highest BCUT2D eigenvalue weighted by atomic mass is 15.1. The summed E-state index contributed by atoms with van der Waals surface area (Å²) in [5.41, 5.74) is 3.05. The van der Waals surface area contributed by atoms with Crippen molar-refractivity contribution in [3.63, 3.8) is 0 Å². The van der Waals surface area contributed by atoms with Gasteiger partial charge in [-0.1, -0.05) is 30.3 Å². The molecule has 114 valence electrons. The Hall–Kier alpha value is -3.40. The Labute approximate surface area is 137 Å². The van der Waals surface area contributed by atoms with Gasteiger partial charge in [-0.2, -0.15) is 0 Å². The minimum Gasteiger partial charge on any atom is -0.361 e. The van der Waals surface area contributed by atoms with Crippen LogP contribution in [0.1, 0.15) is 0 Å². The van der Waals surface area contributed by atoms with E-state index in [4.69, 9.17) is 0 Å². The van der Waals surface area contributed by atoms with E-state index in [-0.39, 0.29) is 0 Å². The largest absolute Gasteiger partial charge is 0.361 e. The van der Waals surface area contributed by atoms with Crippen LogP contribution in [0.5, 0.6) is 0 Å². The minimum atomic E-state index is 0.758. The molecular formula is C20H14N4. The zero-order valence-electron chi connectivity index (χ0n) is 12.8. The van der Waals surface area contributed by atoms with Crippen molar-refractivity contribution in [2.24, 2.45) is 10.2 Å². The standard InChI is InChI=1S/C20H14N4/c1-2-4-14(5-3-1)23-24-19-12-16-18(22-19)9-7-13-6-8-17-15(20(13)16)10-11-21-17/h1-12,21-22H. The van der Waals surface area contributed by atoms with Crippen LogP contribution >= 0.6 is 0 Å². The van der Waals surface area contributed by atoms with Crippen molar-refractivity contribution in [3.05, 3.63) is 72.9 Å². The first kappa shape index (κ1) is 13.1. The summed E-state index contributed by atoms with van der Waals surface area (Å²) in [5, 5.41) is 13.5. The number of benzene rings is 3. The van der Waals surface area contributed by atoms with Gasteiger partial charge in [-0.05, 0) is 41.8 Å². The number of fused-ring (bicyclic) bond motifs is 5. The van der Waals surface area contributed by atoms with Crippen molar-refractivity contribution in [1.82, 2.24) is 9.97 Å². The van der Waals surface area contributed by atoms with Crippen molar-refractivity contribution >= 4 is 44.1 Å². The number of hydrogen-bond donors (Lipinski definition) is 2. The van der Waals surface area contributed by atoms with Crippen molar-refractivity contribution < 1.29 is 0 Å². The zero-order valence-corrected chi connectivity index (χ0v) is 12.8. The van der Waals surface area contributed by atoms with E-state index >= 15 is 0 Å². The summed E-state index contributed by atoms with van der Waals surface area (Å²) in [7, 11) is 0. The van der Waals surface area contributed by atoms with Gasteiger partial charge >= 0.3 is 0 Å². The molecule has 3 aromatic carbocycles. The topological polar surface area (TPSA) is 56.3 Å². The number of aromatic nitrogens is 2. The molecule has 0 unspecified atom stereocenters. The molecule has 0 saturated carbocycles. The molecule has 0 radical (unpaired) electrons. The maximum Gasteiger partial charge on any atom is 0.153 e. The van der Waals surface area contributed by atoms with E-state index in [1.807, 2.05) is 36.5 Å². The van der Waals surface area contributed by atoms with Crippen LogP contribution < -0.4 is 0 Å². The first-order chi connectivity index (χ1) is 11.9. The maximum absolute atomic E-state index is 4.35. The molecule has 0 aliphatic rings. The second-order valence-corrected chi connectivity index (χ2v) is 5.82. The lowest BCUT2D eigenvalue weighted by Crippen LogP contribution is -1.76. The second-order valence-electron chi connectivity index (χ2n) is 5.82. The molecule has 0 aliphatic carbocycles. The maximum atomic E-state index is 4.35. The summed E-state index contributed by atoms with van der Waals surface area (Å²) >= 11 is 0. The fraction of sp³-hybridized carbons (Fsp3) is 0. The third kappa shape index (κ3) is 2.01. The molecular weight excluding hydrogens is 296 g/mol. The van der Waals surface area contributed by atoms with Gasteiger partial charge < -0.3 is 9.97 Å². The number of azo groups is 1. The molecule has 24 heavy (non-hydrogen) atoms. The van der Waals surface area contributed by atoms with Crippen LogP contribution in [-0.4, -0.2) is 9.97 Å². The summed E-state index contributed by atoms with van der Waals surface area (Å²) in [6.07, 6.45) is 1.98. The third-order valence-corrected chi connectivity index (χ3v) is 4.33. The minimum absolute atomic E-state index is 0.758. The van der Waals surface area contributed by atoms with Crippen LogP contribution in [0.15, 0.2) is 83.2 Å². The van der Waals surface area contributed by atoms with E-state index in [1.54, 1.807) is 0 Å². The molecule has 0 amide bonds. The molecule has 2 heterocycles. The van der Waals surface area contributed by atoms with E-state index in [9.17, 15) is 0 Å². The lowest BCUT2D eigenvalue weighted by Gasteiger charge is -2.01. The summed E-state index contributed by atoms with van der Waals surface area (Å²) in [4.78, 5) is 6.62. The Kier molecular flexibility index (Phi) is 2.76. The lowest BCUT2D eigenvalue weighted by atomic mass is 10.0. The SMILES string of the molecule is c1ccc(N=Nc2cc3c(ccc4ccc5[nH]ccc5c43)[nH]2)cc1. The van der Waals surface area contributed by atoms with E-state index in [0.29, 0.717) is 0 Å². The first-order valence-corrected chi connectivity index (χ1v) is 7.87. The molecule has 2 N–H and O–H groups in total. The number of H-pyrrole nitrogens is 2. The average Bonchev–Trinajstić information content (AvgIpc) is 3.26. The van der Waals surface area contributed by atoms with Gasteiger partial charge in [0.1, 0.15) is 0 Å². The Bertz CT molecular complexity index is 1200. The van der Waals surface area contributed by atoms with Crippen LogP contribution in [0.4, 0.5) is 11.5 Å². The van der Waals surface area contributed by atoms with E-state index in [1.165, 1.54) is 21.5 Å². The van der Waals surface area contributed by atoms with Crippen molar-refractivity contribution in [1.29, 1.82) is 0 Å². The number of hydrogen-bond acceptors (Lipinski definition) is 2. The Morgan fingerprint density at radius 3 is 2.42 bits per heavy atom. The van der Waals surface area contributed by atoms with E-state index in [0.717, 1.165) is 22.5 Å². The van der Waals surface area contributed by atoms with Crippen molar-refractivity contribution in [3.8, 4) is 0 Å². The van der Waals surface area contributed by atoms with Gasteiger partial charge in [0.25, 0.3) is 0 Å². The predicted molar refractivity (Wildman–Crippen MR) is 98.3 cm³/mol. The van der Waals surface area contributed by atoms with Crippen molar-refractivity contribution in [2.75, 3.05) is 0 Å². The molecule has 0 aliphatic heterocycles. The van der Waals surface area contributed by atoms with Gasteiger partial charge in [-0.15, -0.1) is 10.2 Å². The summed E-state index contributed by atoms with van der Waals surface area (Å²) in [6.45, 7) is 0. The third-order valence-electron chi connectivity index (χ3n) is 4.33. The van der Waals surface area contributed by atoms with Crippen LogP contribution in [-0.2, 0) is 0 Å². The van der Waals surface area contributed by atoms with Gasteiger partial charge in [0.05, 0.1) is 5.69 Å². The Balaban J connectivity index is 1.71. The number of rotatable bonds is 2. The number of aromatic amines is 2.